The largest absolute Gasteiger partial charge is 0.452 e. The second kappa shape index (κ2) is 10.1. The highest BCUT2D eigenvalue weighted by Gasteiger charge is 2.21. The van der Waals surface area contributed by atoms with Crippen LogP contribution in [0.4, 0.5) is 4.39 Å². The zero-order valence-corrected chi connectivity index (χ0v) is 16.1. The van der Waals surface area contributed by atoms with E-state index in [1.54, 1.807) is 0 Å². The van der Waals surface area contributed by atoms with Gasteiger partial charge in [0.1, 0.15) is 5.82 Å². The van der Waals surface area contributed by atoms with Crippen LogP contribution in [0.1, 0.15) is 31.4 Å². The van der Waals surface area contributed by atoms with Gasteiger partial charge < -0.3 is 10.1 Å². The van der Waals surface area contributed by atoms with Crippen LogP contribution >= 0.6 is 11.6 Å². The van der Waals surface area contributed by atoms with E-state index < -0.39 is 17.9 Å². The first-order chi connectivity index (χ1) is 12.9. The standard InChI is InChI=1S/C21H23ClFNO3/c1-14(11-12-16-7-4-3-5-8-16)24-21(26)15(2)27-20(25)13-17-18(22)9-6-10-19(17)23/h3-10,14-15H,11-13H2,1-2H3,(H,24,26)/t14-,15-/m0/s1. The summed E-state index contributed by atoms with van der Waals surface area (Å²) < 4.78 is 18.8. The first-order valence-corrected chi connectivity index (χ1v) is 9.21. The smallest absolute Gasteiger partial charge is 0.311 e. The molecule has 0 aliphatic carbocycles. The second-order valence-corrected chi connectivity index (χ2v) is 6.85. The van der Waals surface area contributed by atoms with Crippen molar-refractivity contribution in [1.82, 2.24) is 5.32 Å². The second-order valence-electron chi connectivity index (χ2n) is 6.44. The maximum absolute atomic E-state index is 13.7. The molecule has 0 aliphatic rings. The van der Waals surface area contributed by atoms with Gasteiger partial charge in [0.15, 0.2) is 6.10 Å². The lowest BCUT2D eigenvalue weighted by atomic mass is 10.1. The van der Waals surface area contributed by atoms with Gasteiger partial charge in [0.25, 0.3) is 5.91 Å². The van der Waals surface area contributed by atoms with E-state index in [2.05, 4.69) is 5.32 Å². The number of nitrogens with one attached hydrogen (secondary N) is 1. The van der Waals surface area contributed by atoms with Crippen molar-refractivity contribution in [3.8, 4) is 0 Å². The fourth-order valence-corrected chi connectivity index (χ4v) is 2.83. The molecule has 0 saturated carbocycles. The summed E-state index contributed by atoms with van der Waals surface area (Å²) in [6.45, 7) is 3.38. The minimum atomic E-state index is -0.970. The Hall–Kier alpha value is -2.40. The summed E-state index contributed by atoms with van der Waals surface area (Å²) in [5.74, 6) is -1.67. The highest BCUT2D eigenvalue weighted by molar-refractivity contribution is 6.31. The van der Waals surface area contributed by atoms with Crippen molar-refractivity contribution in [1.29, 1.82) is 0 Å². The molecule has 1 amide bonds. The van der Waals surface area contributed by atoms with Crippen molar-refractivity contribution in [2.45, 2.75) is 45.3 Å². The van der Waals surface area contributed by atoms with E-state index in [-0.39, 0.29) is 29.0 Å². The zero-order chi connectivity index (χ0) is 19.8. The van der Waals surface area contributed by atoms with Crippen molar-refractivity contribution in [2.75, 3.05) is 0 Å². The maximum Gasteiger partial charge on any atom is 0.311 e. The number of hydrogen-bond donors (Lipinski definition) is 1. The van der Waals surface area contributed by atoms with Crippen LogP contribution in [0.25, 0.3) is 0 Å². The summed E-state index contributed by atoms with van der Waals surface area (Å²) in [6, 6.07) is 14.1. The Balaban J connectivity index is 1.79. The summed E-state index contributed by atoms with van der Waals surface area (Å²) >= 11 is 5.90. The van der Waals surface area contributed by atoms with Gasteiger partial charge in [0, 0.05) is 16.6 Å². The van der Waals surface area contributed by atoms with E-state index in [1.165, 1.54) is 30.7 Å². The number of rotatable bonds is 8. The summed E-state index contributed by atoms with van der Waals surface area (Å²) in [5, 5.41) is 2.98. The summed E-state index contributed by atoms with van der Waals surface area (Å²) in [6.07, 6.45) is 0.304. The molecule has 2 aromatic rings. The van der Waals surface area contributed by atoms with Gasteiger partial charge in [-0.25, -0.2) is 4.39 Å². The van der Waals surface area contributed by atoms with E-state index in [9.17, 15) is 14.0 Å². The van der Waals surface area contributed by atoms with Gasteiger partial charge in [0.05, 0.1) is 6.42 Å². The molecular formula is C21H23ClFNO3. The lowest BCUT2D eigenvalue weighted by Gasteiger charge is -2.18. The van der Waals surface area contributed by atoms with Crippen LogP contribution in [0.2, 0.25) is 5.02 Å². The average molecular weight is 392 g/mol. The van der Waals surface area contributed by atoms with Crippen LogP contribution < -0.4 is 5.32 Å². The fraction of sp³-hybridized carbons (Fsp3) is 0.333. The molecule has 0 bridgehead atoms. The van der Waals surface area contributed by atoms with Gasteiger partial charge in [-0.15, -0.1) is 0 Å². The number of carbonyl (C=O) groups is 2. The molecule has 2 rings (SSSR count). The van der Waals surface area contributed by atoms with Crippen LogP contribution in [0.15, 0.2) is 48.5 Å². The van der Waals surface area contributed by atoms with Crippen molar-refractivity contribution in [3.63, 3.8) is 0 Å². The third-order valence-electron chi connectivity index (χ3n) is 4.16. The number of amides is 1. The SMILES string of the molecule is C[C@H](OC(=O)Cc1c(F)cccc1Cl)C(=O)N[C@@H](C)CCc1ccccc1. The molecule has 0 fully saturated rings. The average Bonchev–Trinajstić information content (AvgIpc) is 2.64. The number of hydrogen-bond acceptors (Lipinski definition) is 3. The Morgan fingerprint density at radius 1 is 1.11 bits per heavy atom. The van der Waals surface area contributed by atoms with Crippen LogP contribution in [0.5, 0.6) is 0 Å². The van der Waals surface area contributed by atoms with Gasteiger partial charge in [-0.2, -0.15) is 0 Å². The topological polar surface area (TPSA) is 55.4 Å². The van der Waals surface area contributed by atoms with Gasteiger partial charge >= 0.3 is 5.97 Å². The van der Waals surface area contributed by atoms with Gasteiger partial charge in [-0.3, -0.25) is 9.59 Å². The molecule has 0 aliphatic heterocycles. The normalized spacial score (nSPS) is 12.9. The van der Waals surface area contributed by atoms with Crippen molar-refractivity contribution < 1.29 is 18.7 Å². The van der Waals surface area contributed by atoms with Gasteiger partial charge in [-0.1, -0.05) is 48.0 Å². The zero-order valence-electron chi connectivity index (χ0n) is 15.4. The van der Waals surface area contributed by atoms with Crippen molar-refractivity contribution >= 4 is 23.5 Å². The Kier molecular flexibility index (Phi) is 7.80. The summed E-state index contributed by atoms with van der Waals surface area (Å²) in [4.78, 5) is 24.2. The number of halogens is 2. The molecule has 0 saturated heterocycles. The fourth-order valence-electron chi connectivity index (χ4n) is 2.60. The van der Waals surface area contributed by atoms with Crippen LogP contribution in [-0.2, 0) is 27.2 Å². The van der Waals surface area contributed by atoms with Gasteiger partial charge in [-0.05, 0) is 44.4 Å². The lowest BCUT2D eigenvalue weighted by Crippen LogP contribution is -2.41. The first kappa shape index (κ1) is 20.9. The quantitative estimate of drug-likeness (QED) is 0.689. The predicted molar refractivity (Wildman–Crippen MR) is 103 cm³/mol. The molecule has 144 valence electrons. The number of benzene rings is 2. The Bertz CT molecular complexity index is 762. The van der Waals surface area contributed by atoms with E-state index >= 15 is 0 Å². The monoisotopic (exact) mass is 391 g/mol. The van der Waals surface area contributed by atoms with Crippen molar-refractivity contribution in [2.24, 2.45) is 0 Å². The molecule has 0 unspecified atom stereocenters. The van der Waals surface area contributed by atoms with Crippen molar-refractivity contribution in [3.05, 3.63) is 70.5 Å². The van der Waals surface area contributed by atoms with E-state index in [4.69, 9.17) is 16.3 Å². The third kappa shape index (κ3) is 6.68. The van der Waals surface area contributed by atoms with Gasteiger partial charge in [0.2, 0.25) is 0 Å². The molecule has 4 nitrogen and oxygen atoms in total. The Morgan fingerprint density at radius 2 is 1.81 bits per heavy atom. The lowest BCUT2D eigenvalue weighted by molar-refractivity contribution is -0.154. The summed E-state index contributed by atoms with van der Waals surface area (Å²) in [5.41, 5.74) is 1.26. The minimum Gasteiger partial charge on any atom is -0.452 e. The number of aryl methyl sites for hydroxylation is 1. The van der Waals surface area contributed by atoms with E-state index in [1.807, 2.05) is 37.3 Å². The molecule has 0 spiro atoms. The highest BCUT2D eigenvalue weighted by atomic mass is 35.5. The third-order valence-corrected chi connectivity index (χ3v) is 4.51. The first-order valence-electron chi connectivity index (χ1n) is 8.83. The van der Waals surface area contributed by atoms with Crippen LogP contribution in [0.3, 0.4) is 0 Å². The van der Waals surface area contributed by atoms with Crippen LogP contribution in [-0.4, -0.2) is 24.0 Å². The Labute approximate surface area is 163 Å². The molecule has 2 atom stereocenters. The molecule has 6 heteroatoms. The molecular weight excluding hydrogens is 369 g/mol. The maximum atomic E-state index is 13.7. The molecule has 1 N–H and O–H groups in total. The number of carbonyl (C=O) groups excluding carboxylic acids is 2. The number of ether oxygens (including phenoxy) is 1. The molecule has 2 aromatic carbocycles. The molecule has 0 heterocycles. The molecule has 27 heavy (non-hydrogen) atoms. The van der Waals surface area contributed by atoms with Crippen LogP contribution in [0, 0.1) is 5.82 Å². The molecule has 0 aromatic heterocycles. The predicted octanol–water partition coefficient (Wildman–Crippen LogP) is 4.09. The summed E-state index contributed by atoms with van der Waals surface area (Å²) in [7, 11) is 0. The molecule has 0 radical (unpaired) electrons. The van der Waals surface area contributed by atoms with E-state index in [0.717, 1.165) is 12.8 Å². The van der Waals surface area contributed by atoms with E-state index in [0.29, 0.717) is 0 Å². The minimum absolute atomic E-state index is 0.0630. The Morgan fingerprint density at radius 3 is 2.48 bits per heavy atom. The number of esters is 1. The highest BCUT2D eigenvalue weighted by Crippen LogP contribution is 2.20.